The molecule has 1 fully saturated rings. The number of carbonyl (C=O) groups is 1. The molecule has 172 valence electrons. The number of hydrogen-bond donors (Lipinski definition) is 1. The molecule has 0 spiro atoms. The van der Waals surface area contributed by atoms with Gasteiger partial charge in [-0.2, -0.15) is 4.31 Å². The van der Waals surface area contributed by atoms with Crippen molar-refractivity contribution in [3.63, 3.8) is 0 Å². The minimum atomic E-state index is -3.55. The van der Waals surface area contributed by atoms with Crippen molar-refractivity contribution in [2.24, 2.45) is 0 Å². The Hall–Kier alpha value is -1.55. The maximum Gasteiger partial charge on any atom is 0.243 e. The van der Waals surface area contributed by atoms with Crippen LogP contribution in [0, 0.1) is 0 Å². The third-order valence-electron chi connectivity index (χ3n) is 5.47. The predicted molar refractivity (Wildman–Crippen MR) is 125 cm³/mol. The molecule has 2 aromatic rings. The number of thiazole rings is 1. The van der Waals surface area contributed by atoms with E-state index >= 15 is 0 Å². The van der Waals surface area contributed by atoms with Crippen molar-refractivity contribution in [3.8, 4) is 0 Å². The summed E-state index contributed by atoms with van der Waals surface area (Å²) < 4.78 is 33.1. The molecular formula is C22H33N3O4S2. The lowest BCUT2D eigenvalue weighted by atomic mass is 10.1. The second-order valence-electron chi connectivity index (χ2n) is 7.94. The van der Waals surface area contributed by atoms with Crippen LogP contribution < -0.4 is 5.32 Å². The highest BCUT2D eigenvalue weighted by molar-refractivity contribution is 7.89. The predicted octanol–water partition coefficient (Wildman–Crippen LogP) is 4.79. The van der Waals surface area contributed by atoms with E-state index < -0.39 is 10.0 Å². The van der Waals surface area contributed by atoms with Gasteiger partial charge in [-0.05, 0) is 24.6 Å². The van der Waals surface area contributed by atoms with E-state index in [1.165, 1.54) is 54.2 Å². The van der Waals surface area contributed by atoms with Gasteiger partial charge in [-0.1, -0.05) is 63.2 Å². The summed E-state index contributed by atoms with van der Waals surface area (Å²) in [6, 6.07) is 4.93. The van der Waals surface area contributed by atoms with Gasteiger partial charge in [-0.15, -0.1) is 0 Å². The van der Waals surface area contributed by atoms with Crippen LogP contribution in [0.2, 0.25) is 0 Å². The van der Waals surface area contributed by atoms with Crippen molar-refractivity contribution in [2.45, 2.75) is 69.6 Å². The number of sulfonamides is 1. The number of benzene rings is 1. The molecule has 7 nitrogen and oxygen atoms in total. The smallest absolute Gasteiger partial charge is 0.243 e. The van der Waals surface area contributed by atoms with Crippen LogP contribution in [0.15, 0.2) is 23.1 Å². The summed E-state index contributed by atoms with van der Waals surface area (Å²) in [6.45, 7) is 3.77. The molecule has 0 atom stereocenters. The Balaban J connectivity index is 1.50. The first-order valence-electron chi connectivity index (χ1n) is 11.3. The van der Waals surface area contributed by atoms with E-state index in [2.05, 4.69) is 17.2 Å². The molecule has 0 unspecified atom stereocenters. The molecule has 0 saturated carbocycles. The molecule has 1 aromatic carbocycles. The summed E-state index contributed by atoms with van der Waals surface area (Å²) in [7, 11) is -3.55. The SMILES string of the molecule is CCCCCCCCCCC(=O)Nc1nc2ccc(S(=O)(=O)N3CCOCC3)cc2s1. The van der Waals surface area contributed by atoms with Crippen molar-refractivity contribution in [3.05, 3.63) is 18.2 Å². The number of rotatable bonds is 12. The van der Waals surface area contributed by atoms with Crippen molar-refractivity contribution in [2.75, 3.05) is 31.6 Å². The fourth-order valence-corrected chi connectivity index (χ4v) is 6.09. The summed E-state index contributed by atoms with van der Waals surface area (Å²) in [5.74, 6) is -0.0359. The Morgan fingerprint density at radius 3 is 2.48 bits per heavy atom. The zero-order valence-corrected chi connectivity index (χ0v) is 19.9. The largest absolute Gasteiger partial charge is 0.379 e. The molecule has 1 amide bonds. The van der Waals surface area contributed by atoms with Crippen molar-refractivity contribution >= 4 is 42.6 Å². The number of fused-ring (bicyclic) bond motifs is 1. The first-order chi connectivity index (χ1) is 15.0. The number of aromatic nitrogens is 1. The van der Waals surface area contributed by atoms with Crippen LogP contribution in [0.4, 0.5) is 5.13 Å². The van der Waals surface area contributed by atoms with Crippen LogP contribution in [0.5, 0.6) is 0 Å². The van der Waals surface area contributed by atoms with Gasteiger partial charge in [-0.25, -0.2) is 13.4 Å². The molecule has 0 aliphatic carbocycles. The molecule has 0 bridgehead atoms. The van der Waals surface area contributed by atoms with E-state index in [1.54, 1.807) is 18.2 Å². The van der Waals surface area contributed by atoms with Crippen molar-refractivity contribution < 1.29 is 17.9 Å². The molecule has 1 N–H and O–H groups in total. The van der Waals surface area contributed by atoms with Gasteiger partial charge < -0.3 is 10.1 Å². The van der Waals surface area contributed by atoms with E-state index in [1.807, 2.05) is 0 Å². The Bertz CT molecular complexity index is 953. The van der Waals surface area contributed by atoms with Crippen LogP contribution in [-0.4, -0.2) is 49.9 Å². The molecule has 31 heavy (non-hydrogen) atoms. The number of morpholine rings is 1. The summed E-state index contributed by atoms with van der Waals surface area (Å²) in [6.07, 6.45) is 10.0. The average Bonchev–Trinajstić information content (AvgIpc) is 3.17. The highest BCUT2D eigenvalue weighted by Gasteiger charge is 2.26. The summed E-state index contributed by atoms with van der Waals surface area (Å²) in [5.41, 5.74) is 0.688. The van der Waals surface area contributed by atoms with Crippen LogP contribution in [0.3, 0.4) is 0 Å². The number of nitrogens with zero attached hydrogens (tertiary/aromatic N) is 2. The van der Waals surface area contributed by atoms with Crippen molar-refractivity contribution in [1.29, 1.82) is 0 Å². The topological polar surface area (TPSA) is 88.6 Å². The van der Waals surface area contributed by atoms with E-state index in [-0.39, 0.29) is 10.8 Å². The van der Waals surface area contributed by atoms with Gasteiger partial charge in [0.1, 0.15) is 0 Å². The zero-order chi connectivity index (χ0) is 22.1. The molecule has 3 rings (SSSR count). The summed E-state index contributed by atoms with van der Waals surface area (Å²) in [4.78, 5) is 16.9. The van der Waals surface area contributed by atoms with Crippen LogP contribution in [-0.2, 0) is 19.6 Å². The van der Waals surface area contributed by atoms with Crippen LogP contribution in [0.1, 0.15) is 64.7 Å². The summed E-state index contributed by atoms with van der Waals surface area (Å²) in [5, 5.41) is 3.38. The second kappa shape index (κ2) is 11.9. The number of amides is 1. The third kappa shape index (κ3) is 6.97. The van der Waals surface area contributed by atoms with Crippen LogP contribution >= 0.6 is 11.3 Å². The lowest BCUT2D eigenvalue weighted by Gasteiger charge is -2.25. The molecule has 1 aliphatic heterocycles. The standard InChI is InChI=1S/C22H33N3O4S2/c1-2-3-4-5-6-7-8-9-10-21(26)24-22-23-19-12-11-18(17-20(19)30-22)31(27,28)25-13-15-29-16-14-25/h11-12,17H,2-10,13-16H2,1H3,(H,23,24,26). The van der Waals surface area contributed by atoms with E-state index in [0.29, 0.717) is 43.4 Å². The maximum absolute atomic E-state index is 12.8. The summed E-state index contributed by atoms with van der Waals surface area (Å²) >= 11 is 1.31. The number of nitrogens with one attached hydrogen (secondary N) is 1. The monoisotopic (exact) mass is 467 g/mol. The van der Waals surface area contributed by atoms with Gasteiger partial charge in [-0.3, -0.25) is 4.79 Å². The fraction of sp³-hybridized carbons (Fsp3) is 0.636. The zero-order valence-electron chi connectivity index (χ0n) is 18.3. The Kier molecular flexibility index (Phi) is 9.25. The van der Waals surface area contributed by atoms with E-state index in [0.717, 1.165) is 17.5 Å². The quantitative estimate of drug-likeness (QED) is 0.454. The third-order valence-corrected chi connectivity index (χ3v) is 8.30. The van der Waals surface area contributed by atoms with Gasteiger partial charge >= 0.3 is 0 Å². The molecule has 2 heterocycles. The van der Waals surface area contributed by atoms with E-state index in [4.69, 9.17) is 4.74 Å². The minimum absolute atomic E-state index is 0.0359. The first kappa shape index (κ1) is 24.1. The molecular weight excluding hydrogens is 434 g/mol. The lowest BCUT2D eigenvalue weighted by molar-refractivity contribution is -0.116. The van der Waals surface area contributed by atoms with Gasteiger partial charge in [0.25, 0.3) is 0 Å². The van der Waals surface area contributed by atoms with Crippen LogP contribution in [0.25, 0.3) is 10.2 Å². The maximum atomic E-state index is 12.8. The number of carbonyl (C=O) groups excluding carboxylic acids is 1. The second-order valence-corrected chi connectivity index (χ2v) is 10.9. The minimum Gasteiger partial charge on any atom is -0.379 e. The Morgan fingerprint density at radius 2 is 1.77 bits per heavy atom. The molecule has 1 aliphatic rings. The van der Waals surface area contributed by atoms with Gasteiger partial charge in [0.2, 0.25) is 15.9 Å². The lowest BCUT2D eigenvalue weighted by Crippen LogP contribution is -2.40. The van der Waals surface area contributed by atoms with Gasteiger partial charge in [0.05, 0.1) is 28.3 Å². The number of hydrogen-bond acceptors (Lipinski definition) is 6. The van der Waals surface area contributed by atoms with Crippen molar-refractivity contribution in [1.82, 2.24) is 9.29 Å². The average molecular weight is 468 g/mol. The van der Waals surface area contributed by atoms with Gasteiger partial charge in [0.15, 0.2) is 5.13 Å². The van der Waals surface area contributed by atoms with E-state index in [9.17, 15) is 13.2 Å². The van der Waals surface area contributed by atoms with Gasteiger partial charge in [0, 0.05) is 19.5 Å². The molecule has 1 aromatic heterocycles. The first-order valence-corrected chi connectivity index (χ1v) is 13.5. The molecule has 0 radical (unpaired) electrons. The Morgan fingerprint density at radius 1 is 1.10 bits per heavy atom. The highest BCUT2D eigenvalue weighted by atomic mass is 32.2. The fourth-order valence-electron chi connectivity index (χ4n) is 3.66. The molecule has 1 saturated heterocycles. The number of unbranched alkanes of at least 4 members (excludes halogenated alkanes) is 7. The normalized spacial score (nSPS) is 15.4. The number of anilines is 1. The Labute approximate surface area is 189 Å². The number of ether oxygens (including phenoxy) is 1. The molecule has 9 heteroatoms. The highest BCUT2D eigenvalue weighted by Crippen LogP contribution is 2.29.